The third-order valence-electron chi connectivity index (χ3n) is 4.44. The van der Waals surface area contributed by atoms with Crippen molar-refractivity contribution in [3.8, 4) is 10.6 Å². The second-order valence-corrected chi connectivity index (χ2v) is 10.2. The zero-order valence-corrected chi connectivity index (χ0v) is 19.3. The Morgan fingerprint density at radius 3 is 2.43 bits per heavy atom. The highest BCUT2D eigenvalue weighted by Crippen LogP contribution is 2.29. The average molecular weight is 465 g/mol. The molecule has 3 rings (SSSR count). The molecule has 0 unspecified atom stereocenters. The van der Waals surface area contributed by atoms with E-state index in [4.69, 9.17) is 11.6 Å². The Morgan fingerprint density at radius 1 is 1.13 bits per heavy atom. The average Bonchev–Trinajstić information content (AvgIpc) is 3.12. The van der Waals surface area contributed by atoms with Crippen molar-refractivity contribution in [2.75, 3.05) is 15.9 Å². The standard InChI is InChI=1S/C20H21ClN4O3S2/c1-12-5-6-13(2)17(11-12)25(30(4,27)28)14(3)18(26)22-20-24-23-19(29-20)15-7-9-16(21)10-8-15/h5-11,14H,1-4H3,(H,22,24,26)/t14-/m1/s1. The third kappa shape index (κ3) is 4.97. The molecule has 30 heavy (non-hydrogen) atoms. The van der Waals surface area contributed by atoms with E-state index in [9.17, 15) is 13.2 Å². The normalized spacial score (nSPS) is 12.4. The maximum Gasteiger partial charge on any atom is 0.249 e. The van der Waals surface area contributed by atoms with Crippen molar-refractivity contribution in [1.29, 1.82) is 0 Å². The first kappa shape index (κ1) is 22.2. The Kier molecular flexibility index (Phi) is 6.44. The van der Waals surface area contributed by atoms with Crippen LogP contribution in [0, 0.1) is 13.8 Å². The first-order valence-electron chi connectivity index (χ1n) is 9.03. The van der Waals surface area contributed by atoms with Gasteiger partial charge in [0, 0.05) is 10.6 Å². The zero-order chi connectivity index (χ0) is 22.1. The molecule has 0 fully saturated rings. The topological polar surface area (TPSA) is 92.3 Å². The Labute approximate surface area is 184 Å². The Bertz CT molecular complexity index is 1180. The van der Waals surface area contributed by atoms with Crippen LogP contribution < -0.4 is 9.62 Å². The molecule has 0 bridgehead atoms. The summed E-state index contributed by atoms with van der Waals surface area (Å²) in [6, 6.07) is 11.6. The van der Waals surface area contributed by atoms with Crippen LogP contribution in [0.15, 0.2) is 42.5 Å². The maximum atomic E-state index is 12.9. The molecule has 0 aliphatic heterocycles. The van der Waals surface area contributed by atoms with Crippen LogP contribution in [0.2, 0.25) is 5.02 Å². The van der Waals surface area contributed by atoms with Crippen molar-refractivity contribution in [1.82, 2.24) is 10.2 Å². The van der Waals surface area contributed by atoms with Gasteiger partial charge in [-0.15, -0.1) is 10.2 Å². The molecule has 1 aromatic heterocycles. The van der Waals surface area contributed by atoms with Crippen molar-refractivity contribution >= 4 is 49.7 Å². The number of carbonyl (C=O) groups is 1. The quantitative estimate of drug-likeness (QED) is 0.588. The highest BCUT2D eigenvalue weighted by molar-refractivity contribution is 7.92. The molecule has 7 nitrogen and oxygen atoms in total. The van der Waals surface area contributed by atoms with Crippen LogP contribution in [0.4, 0.5) is 10.8 Å². The number of anilines is 2. The number of sulfonamides is 1. The molecular formula is C20H21ClN4O3S2. The third-order valence-corrected chi connectivity index (χ3v) is 6.80. The van der Waals surface area contributed by atoms with E-state index >= 15 is 0 Å². The first-order chi connectivity index (χ1) is 14.1. The van der Waals surface area contributed by atoms with Gasteiger partial charge in [-0.05, 0) is 50.1 Å². The first-order valence-corrected chi connectivity index (χ1v) is 12.1. The van der Waals surface area contributed by atoms with Crippen molar-refractivity contribution in [2.24, 2.45) is 0 Å². The Balaban J connectivity index is 1.84. The summed E-state index contributed by atoms with van der Waals surface area (Å²) in [4.78, 5) is 12.9. The molecule has 1 N–H and O–H groups in total. The van der Waals surface area contributed by atoms with Crippen molar-refractivity contribution in [3.05, 3.63) is 58.6 Å². The van der Waals surface area contributed by atoms with Gasteiger partial charge in [0.1, 0.15) is 11.0 Å². The minimum atomic E-state index is -3.71. The fourth-order valence-electron chi connectivity index (χ4n) is 2.93. The van der Waals surface area contributed by atoms with E-state index in [1.807, 2.05) is 31.2 Å². The molecule has 0 aliphatic carbocycles. The van der Waals surface area contributed by atoms with Crippen LogP contribution >= 0.6 is 22.9 Å². The van der Waals surface area contributed by atoms with E-state index < -0.39 is 22.0 Å². The molecule has 1 amide bonds. The van der Waals surface area contributed by atoms with Crippen molar-refractivity contribution < 1.29 is 13.2 Å². The molecule has 0 saturated carbocycles. The second kappa shape index (κ2) is 8.71. The van der Waals surface area contributed by atoms with Crippen molar-refractivity contribution in [2.45, 2.75) is 26.8 Å². The number of rotatable bonds is 6. The number of nitrogens with one attached hydrogen (secondary N) is 1. The fourth-order valence-corrected chi connectivity index (χ4v) is 5.03. The predicted octanol–water partition coefficient (Wildman–Crippen LogP) is 4.27. The summed E-state index contributed by atoms with van der Waals surface area (Å²) >= 11 is 7.10. The number of amides is 1. The van der Waals surface area contributed by atoms with Gasteiger partial charge in [-0.1, -0.05) is 47.2 Å². The number of aryl methyl sites for hydroxylation is 2. The van der Waals surface area contributed by atoms with Gasteiger partial charge >= 0.3 is 0 Å². The lowest BCUT2D eigenvalue weighted by Crippen LogP contribution is -2.45. The van der Waals surface area contributed by atoms with Crippen LogP contribution in [0.3, 0.4) is 0 Å². The molecule has 0 radical (unpaired) electrons. The summed E-state index contributed by atoms with van der Waals surface area (Å²) in [5.41, 5.74) is 2.94. The Hall–Kier alpha value is -2.49. The van der Waals surface area contributed by atoms with Crippen LogP contribution in [0.1, 0.15) is 18.1 Å². The number of hydrogen-bond donors (Lipinski definition) is 1. The smallest absolute Gasteiger partial charge is 0.249 e. The SMILES string of the molecule is Cc1ccc(C)c(N([C@H](C)C(=O)Nc2nnc(-c3ccc(Cl)cc3)s2)S(C)(=O)=O)c1. The number of carbonyl (C=O) groups excluding carboxylic acids is 1. The van der Waals surface area contributed by atoms with E-state index in [2.05, 4.69) is 15.5 Å². The van der Waals surface area contributed by atoms with Gasteiger partial charge in [-0.2, -0.15) is 0 Å². The van der Waals surface area contributed by atoms with Gasteiger partial charge in [0.15, 0.2) is 0 Å². The van der Waals surface area contributed by atoms with Crippen LogP contribution in [-0.4, -0.2) is 36.8 Å². The van der Waals surface area contributed by atoms with E-state index in [0.717, 1.165) is 27.3 Å². The summed E-state index contributed by atoms with van der Waals surface area (Å²) in [5, 5.41) is 12.3. The van der Waals surface area contributed by atoms with E-state index in [-0.39, 0.29) is 5.13 Å². The summed E-state index contributed by atoms with van der Waals surface area (Å²) < 4.78 is 26.2. The molecule has 2 aromatic carbocycles. The predicted molar refractivity (Wildman–Crippen MR) is 122 cm³/mol. The van der Waals surface area contributed by atoms with Crippen molar-refractivity contribution in [3.63, 3.8) is 0 Å². The summed E-state index contributed by atoms with van der Waals surface area (Å²) in [6.07, 6.45) is 1.09. The second-order valence-electron chi connectivity index (χ2n) is 6.93. The van der Waals surface area contributed by atoms with Gasteiger partial charge in [0.2, 0.25) is 21.1 Å². The summed E-state index contributed by atoms with van der Waals surface area (Å²) in [6.45, 7) is 5.22. The molecule has 1 heterocycles. The lowest BCUT2D eigenvalue weighted by atomic mass is 10.1. The summed E-state index contributed by atoms with van der Waals surface area (Å²) in [7, 11) is -3.71. The lowest BCUT2D eigenvalue weighted by Gasteiger charge is -2.29. The van der Waals surface area contributed by atoms with Crippen LogP contribution in [-0.2, 0) is 14.8 Å². The van der Waals surface area contributed by atoms with Crippen LogP contribution in [0.5, 0.6) is 0 Å². The number of nitrogens with zero attached hydrogens (tertiary/aromatic N) is 3. The molecule has 158 valence electrons. The summed E-state index contributed by atoms with van der Waals surface area (Å²) in [5.74, 6) is -0.500. The highest BCUT2D eigenvalue weighted by atomic mass is 35.5. The van der Waals surface area contributed by atoms with Gasteiger partial charge in [-0.3, -0.25) is 14.4 Å². The van der Waals surface area contributed by atoms with E-state index in [0.29, 0.717) is 15.7 Å². The van der Waals surface area contributed by atoms with Gasteiger partial charge in [0.25, 0.3) is 0 Å². The van der Waals surface area contributed by atoms with E-state index in [1.165, 1.54) is 11.3 Å². The van der Waals surface area contributed by atoms with Crippen LogP contribution in [0.25, 0.3) is 10.6 Å². The highest BCUT2D eigenvalue weighted by Gasteiger charge is 2.30. The number of aromatic nitrogens is 2. The van der Waals surface area contributed by atoms with Gasteiger partial charge < -0.3 is 0 Å². The molecule has 0 aliphatic rings. The number of hydrogen-bond acceptors (Lipinski definition) is 6. The molecular weight excluding hydrogens is 444 g/mol. The van der Waals surface area contributed by atoms with Gasteiger partial charge in [-0.25, -0.2) is 8.42 Å². The molecule has 1 atom stereocenters. The Morgan fingerprint density at radius 2 is 1.80 bits per heavy atom. The van der Waals surface area contributed by atoms with Gasteiger partial charge in [0.05, 0.1) is 11.9 Å². The number of halogens is 1. The number of benzene rings is 2. The molecule has 0 spiro atoms. The largest absolute Gasteiger partial charge is 0.299 e. The lowest BCUT2D eigenvalue weighted by molar-refractivity contribution is -0.116. The van der Waals surface area contributed by atoms with E-state index in [1.54, 1.807) is 32.0 Å². The molecule has 3 aromatic rings. The monoisotopic (exact) mass is 464 g/mol. The minimum absolute atomic E-state index is 0.284. The molecule has 10 heteroatoms. The fraction of sp³-hybridized carbons (Fsp3) is 0.250. The zero-order valence-electron chi connectivity index (χ0n) is 16.9. The minimum Gasteiger partial charge on any atom is -0.299 e. The maximum absolute atomic E-state index is 12.9. The molecule has 0 saturated heterocycles.